The molecule has 1 N–H and O–H groups in total. The third kappa shape index (κ3) is 4.02. The average Bonchev–Trinajstić information content (AvgIpc) is 2.74. The van der Waals surface area contributed by atoms with Gasteiger partial charge in [0.1, 0.15) is 0 Å². The molecule has 28 heavy (non-hydrogen) atoms. The number of rotatable bonds is 6. The maximum atomic E-state index is 12.7. The summed E-state index contributed by atoms with van der Waals surface area (Å²) in [4.78, 5) is 22.5. The summed E-state index contributed by atoms with van der Waals surface area (Å²) < 4.78 is 0. The number of nitrogens with one attached hydrogen (secondary N) is 1. The van der Waals surface area contributed by atoms with E-state index in [1.54, 1.807) is 0 Å². The number of aromatic amines is 1. The van der Waals surface area contributed by atoms with Gasteiger partial charge in [0.15, 0.2) is 0 Å². The van der Waals surface area contributed by atoms with E-state index in [2.05, 4.69) is 33.9 Å². The molecule has 2 aromatic heterocycles. The van der Waals surface area contributed by atoms with Gasteiger partial charge in [-0.15, -0.1) is 0 Å². The van der Waals surface area contributed by atoms with Gasteiger partial charge in [-0.3, -0.25) is 14.7 Å². The Bertz CT molecular complexity index is 1110. The van der Waals surface area contributed by atoms with E-state index in [0.717, 1.165) is 28.7 Å². The number of nitrogens with zero attached hydrogens (tertiary/aromatic N) is 2. The van der Waals surface area contributed by atoms with E-state index in [0.29, 0.717) is 6.54 Å². The van der Waals surface area contributed by atoms with Crippen LogP contribution >= 0.6 is 0 Å². The van der Waals surface area contributed by atoms with Crippen molar-refractivity contribution in [3.05, 3.63) is 112 Å². The van der Waals surface area contributed by atoms with Crippen molar-refractivity contribution in [3.8, 4) is 0 Å². The zero-order valence-electron chi connectivity index (χ0n) is 15.9. The molecule has 0 bridgehead atoms. The molecule has 0 fully saturated rings. The summed E-state index contributed by atoms with van der Waals surface area (Å²) in [5, 5.41) is 1.04. The summed E-state index contributed by atoms with van der Waals surface area (Å²) in [7, 11) is 0. The minimum Gasteiger partial charge on any atom is -0.322 e. The number of H-pyrrole nitrogens is 1. The number of fused-ring (bicyclic) bond motifs is 1. The highest BCUT2D eigenvalue weighted by Gasteiger charge is 2.19. The van der Waals surface area contributed by atoms with Crippen LogP contribution in [0, 0.1) is 0 Å². The van der Waals surface area contributed by atoms with E-state index in [1.807, 2.05) is 72.9 Å². The first-order valence-electron chi connectivity index (χ1n) is 9.50. The number of hydrogen-bond acceptors (Lipinski definition) is 3. The van der Waals surface area contributed by atoms with Crippen LogP contribution in [-0.2, 0) is 13.1 Å². The summed E-state index contributed by atoms with van der Waals surface area (Å²) in [6, 6.07) is 26.2. The van der Waals surface area contributed by atoms with Gasteiger partial charge in [-0.05, 0) is 42.1 Å². The summed E-state index contributed by atoms with van der Waals surface area (Å²) in [6.45, 7) is 3.43. The number of aromatic nitrogens is 2. The van der Waals surface area contributed by atoms with E-state index in [1.165, 1.54) is 5.56 Å². The second kappa shape index (κ2) is 8.19. The van der Waals surface area contributed by atoms with Crippen molar-refractivity contribution < 1.29 is 0 Å². The normalized spacial score (nSPS) is 12.4. The second-order valence-corrected chi connectivity index (χ2v) is 7.03. The van der Waals surface area contributed by atoms with E-state index in [4.69, 9.17) is 0 Å². The first-order valence-corrected chi connectivity index (χ1v) is 9.50. The second-order valence-electron chi connectivity index (χ2n) is 7.03. The maximum absolute atomic E-state index is 12.7. The molecule has 0 spiro atoms. The van der Waals surface area contributed by atoms with Crippen LogP contribution in [0.25, 0.3) is 10.9 Å². The van der Waals surface area contributed by atoms with Gasteiger partial charge in [-0.2, -0.15) is 0 Å². The Kier molecular flexibility index (Phi) is 5.31. The Morgan fingerprint density at radius 1 is 0.929 bits per heavy atom. The number of hydrogen-bond donors (Lipinski definition) is 1. The summed E-state index contributed by atoms with van der Waals surface area (Å²) in [6.07, 6.45) is 1.81. The topological polar surface area (TPSA) is 49.0 Å². The molecule has 0 saturated heterocycles. The van der Waals surface area contributed by atoms with Crippen LogP contribution in [0.3, 0.4) is 0 Å². The third-order valence-corrected chi connectivity index (χ3v) is 5.10. The molecule has 4 nitrogen and oxygen atoms in total. The lowest BCUT2D eigenvalue weighted by Crippen LogP contribution is -2.29. The fraction of sp³-hybridized carbons (Fsp3) is 0.167. The molecule has 2 heterocycles. The van der Waals surface area contributed by atoms with Gasteiger partial charge in [-0.25, -0.2) is 0 Å². The predicted octanol–water partition coefficient (Wildman–Crippen LogP) is 4.69. The standard InChI is InChI=1S/C24H23N3O/c1-18(22-12-7-8-14-25-22)27(16-19-9-3-2-4-10-19)17-21-15-20-11-5-6-13-23(20)26-24(21)28/h2-15,18H,16-17H2,1H3,(H,26,28). The van der Waals surface area contributed by atoms with Crippen LogP contribution in [0.4, 0.5) is 0 Å². The summed E-state index contributed by atoms with van der Waals surface area (Å²) in [5.74, 6) is 0. The van der Waals surface area contributed by atoms with Crippen molar-refractivity contribution in [3.63, 3.8) is 0 Å². The Balaban J connectivity index is 1.69. The summed E-state index contributed by atoms with van der Waals surface area (Å²) >= 11 is 0. The predicted molar refractivity (Wildman–Crippen MR) is 113 cm³/mol. The molecule has 0 saturated carbocycles. The van der Waals surface area contributed by atoms with Gasteiger partial charge in [-0.1, -0.05) is 54.6 Å². The fourth-order valence-electron chi connectivity index (χ4n) is 3.49. The lowest BCUT2D eigenvalue weighted by molar-refractivity contribution is 0.188. The molecule has 2 aromatic carbocycles. The highest BCUT2D eigenvalue weighted by molar-refractivity contribution is 5.78. The number of para-hydroxylation sites is 1. The lowest BCUT2D eigenvalue weighted by Gasteiger charge is -2.29. The fourth-order valence-corrected chi connectivity index (χ4v) is 3.49. The van der Waals surface area contributed by atoms with Gasteiger partial charge in [0.2, 0.25) is 0 Å². The van der Waals surface area contributed by atoms with Gasteiger partial charge in [0, 0.05) is 36.4 Å². The van der Waals surface area contributed by atoms with Gasteiger partial charge in [0.25, 0.3) is 5.56 Å². The van der Waals surface area contributed by atoms with Crippen LogP contribution in [0.1, 0.15) is 29.8 Å². The first-order chi connectivity index (χ1) is 13.7. The molecule has 0 aliphatic carbocycles. The first kappa shape index (κ1) is 18.1. The van der Waals surface area contributed by atoms with Crippen LogP contribution in [0.15, 0.2) is 89.9 Å². The van der Waals surface area contributed by atoms with Gasteiger partial charge in [0.05, 0.1) is 5.69 Å². The SMILES string of the molecule is CC(c1ccccn1)N(Cc1ccccc1)Cc1cc2ccccc2[nH]c1=O. The number of pyridine rings is 2. The quantitative estimate of drug-likeness (QED) is 0.536. The van der Waals surface area contributed by atoms with Crippen molar-refractivity contribution in [2.24, 2.45) is 0 Å². The molecule has 4 rings (SSSR count). The zero-order chi connectivity index (χ0) is 19.3. The Morgan fingerprint density at radius 3 is 2.46 bits per heavy atom. The van der Waals surface area contributed by atoms with E-state index in [9.17, 15) is 4.79 Å². The molecule has 1 atom stereocenters. The highest BCUT2D eigenvalue weighted by Crippen LogP contribution is 2.23. The Labute approximate surface area is 164 Å². The monoisotopic (exact) mass is 369 g/mol. The van der Waals surface area contributed by atoms with Gasteiger partial charge >= 0.3 is 0 Å². The van der Waals surface area contributed by atoms with E-state index in [-0.39, 0.29) is 11.6 Å². The van der Waals surface area contributed by atoms with E-state index < -0.39 is 0 Å². The van der Waals surface area contributed by atoms with Crippen LogP contribution in [-0.4, -0.2) is 14.9 Å². The van der Waals surface area contributed by atoms with Crippen molar-refractivity contribution >= 4 is 10.9 Å². The minimum absolute atomic E-state index is 0.0371. The highest BCUT2D eigenvalue weighted by atomic mass is 16.1. The Morgan fingerprint density at radius 2 is 1.68 bits per heavy atom. The average molecular weight is 369 g/mol. The van der Waals surface area contributed by atoms with Crippen LogP contribution < -0.4 is 5.56 Å². The summed E-state index contributed by atoms with van der Waals surface area (Å²) in [5.41, 5.74) is 3.80. The molecular weight excluding hydrogens is 346 g/mol. The lowest BCUT2D eigenvalue weighted by atomic mass is 10.1. The van der Waals surface area contributed by atoms with Crippen molar-refractivity contribution in [1.29, 1.82) is 0 Å². The van der Waals surface area contributed by atoms with Crippen LogP contribution in [0.5, 0.6) is 0 Å². The van der Waals surface area contributed by atoms with Crippen molar-refractivity contribution in [2.45, 2.75) is 26.1 Å². The maximum Gasteiger partial charge on any atom is 0.252 e. The van der Waals surface area contributed by atoms with E-state index >= 15 is 0 Å². The molecule has 1 unspecified atom stereocenters. The molecule has 0 amide bonds. The molecule has 0 aliphatic heterocycles. The van der Waals surface area contributed by atoms with Crippen molar-refractivity contribution in [1.82, 2.24) is 14.9 Å². The smallest absolute Gasteiger partial charge is 0.252 e. The molecule has 140 valence electrons. The van der Waals surface area contributed by atoms with Crippen molar-refractivity contribution in [2.75, 3.05) is 0 Å². The van der Waals surface area contributed by atoms with Crippen LogP contribution in [0.2, 0.25) is 0 Å². The Hall–Kier alpha value is -3.24. The molecule has 0 radical (unpaired) electrons. The molecule has 4 aromatic rings. The largest absolute Gasteiger partial charge is 0.322 e. The zero-order valence-corrected chi connectivity index (χ0v) is 15.9. The third-order valence-electron chi connectivity index (χ3n) is 5.10. The minimum atomic E-state index is -0.0371. The van der Waals surface area contributed by atoms with Gasteiger partial charge < -0.3 is 4.98 Å². The molecule has 4 heteroatoms. The molecular formula is C24H23N3O. The molecule has 0 aliphatic rings. The number of benzene rings is 2.